The molecule has 0 saturated carbocycles. The van der Waals surface area contributed by atoms with Gasteiger partial charge in [0.2, 0.25) is 0 Å². The second kappa shape index (κ2) is 12.7. The fourth-order valence-corrected chi connectivity index (χ4v) is 2.70. The molecule has 2 heteroatoms. The average Bonchev–Trinajstić information content (AvgIpc) is 3.35. The first-order valence-corrected chi connectivity index (χ1v) is 8.34. The number of nitrogens with one attached hydrogen (secondary N) is 1. The van der Waals surface area contributed by atoms with Gasteiger partial charge < -0.3 is 65.5 Å². The van der Waals surface area contributed by atoms with Gasteiger partial charge in [0.25, 0.3) is 0 Å². The largest absolute Gasteiger partial charge is 0.999 e. The fraction of sp³-hybridized carbons (Fsp3) is 0.304. The number of hydrogen-bond donors (Lipinski definition) is 1. The van der Waals surface area contributed by atoms with Gasteiger partial charge in [-0.25, -0.2) is 0 Å². The van der Waals surface area contributed by atoms with Crippen LogP contribution in [0.15, 0.2) is 36.4 Å². The van der Waals surface area contributed by atoms with Crippen LogP contribution in [0.1, 0.15) is 43.9 Å². The third kappa shape index (κ3) is 7.44. The van der Waals surface area contributed by atoms with Crippen molar-refractivity contribution in [3.05, 3.63) is 96.1 Å². The van der Waals surface area contributed by atoms with Crippen LogP contribution in [0.4, 0.5) is 0 Å². The normalized spacial score (nSPS) is 11.3. The molecule has 0 aliphatic carbocycles. The first-order valence-electron chi connectivity index (χ1n) is 8.34. The summed E-state index contributed by atoms with van der Waals surface area (Å²) in [5.41, 5.74) is 2.36. The summed E-state index contributed by atoms with van der Waals surface area (Å²) < 4.78 is 0. The van der Waals surface area contributed by atoms with Crippen LogP contribution < -0.4 is 5.32 Å². The Morgan fingerprint density at radius 3 is 2.04 bits per heavy atom. The van der Waals surface area contributed by atoms with Gasteiger partial charge in [0.1, 0.15) is 0 Å². The Bertz CT molecular complexity index is 592. The molecule has 0 amide bonds. The number of benzene rings is 1. The van der Waals surface area contributed by atoms with Crippen LogP contribution in [0.2, 0.25) is 0 Å². The monoisotopic (exact) mass is 367 g/mol. The smallest absolute Gasteiger partial charge is 0.0325 e. The summed E-state index contributed by atoms with van der Waals surface area (Å²) in [6.07, 6.45) is 2.35. The zero-order chi connectivity index (χ0) is 17.0. The molecule has 0 aromatic heterocycles. The summed E-state index contributed by atoms with van der Waals surface area (Å²) in [6.45, 7) is 5.29. The van der Waals surface area contributed by atoms with Gasteiger partial charge in [-0.15, -0.1) is 0 Å². The number of hydrogen-bond acceptors (Lipinski definition) is 1. The van der Waals surface area contributed by atoms with Crippen molar-refractivity contribution >= 4 is 0 Å². The second-order valence-corrected chi connectivity index (χ2v) is 5.51. The molecule has 3 rings (SSSR count). The predicted molar refractivity (Wildman–Crippen MR) is 94.9 cm³/mol. The Kier molecular flexibility index (Phi) is 10.9. The van der Waals surface area contributed by atoms with Crippen LogP contribution in [0.25, 0.3) is 0 Å². The van der Waals surface area contributed by atoms with Gasteiger partial charge in [-0.05, 0) is 11.5 Å². The zero-order valence-electron chi connectivity index (χ0n) is 14.6. The molecule has 0 radical (unpaired) electrons. The molecule has 0 bridgehead atoms. The molecule has 3 aromatic carbocycles. The molecule has 25 heavy (non-hydrogen) atoms. The quantitative estimate of drug-likeness (QED) is 0.480. The molecule has 1 N–H and O–H groups in total. The Morgan fingerprint density at radius 1 is 0.960 bits per heavy atom. The molecule has 1 nitrogen and oxygen atoms in total. The van der Waals surface area contributed by atoms with Gasteiger partial charge in [0.15, 0.2) is 0 Å². The van der Waals surface area contributed by atoms with E-state index in [-0.39, 0.29) is 17.1 Å². The van der Waals surface area contributed by atoms with Crippen molar-refractivity contribution in [2.24, 2.45) is 5.92 Å². The van der Waals surface area contributed by atoms with Crippen molar-refractivity contribution in [2.75, 3.05) is 0 Å². The molecule has 0 fully saturated rings. The summed E-state index contributed by atoms with van der Waals surface area (Å²) in [5.74, 6) is 0.644. The molecule has 136 valence electrons. The summed E-state index contributed by atoms with van der Waals surface area (Å²) >= 11 is 0. The van der Waals surface area contributed by atoms with E-state index >= 15 is 0 Å². The molecular weight excluding hydrogens is 346 g/mol. The van der Waals surface area contributed by atoms with Crippen molar-refractivity contribution < 1.29 is 17.1 Å². The van der Waals surface area contributed by atoms with Gasteiger partial charge >= 0.3 is 0 Å². The van der Waals surface area contributed by atoms with Crippen LogP contribution >= 0.6 is 0 Å². The van der Waals surface area contributed by atoms with Gasteiger partial charge in [0.05, 0.1) is 0 Å². The van der Waals surface area contributed by atoms with E-state index < -0.39 is 0 Å². The van der Waals surface area contributed by atoms with Gasteiger partial charge in [-0.1, -0.05) is 57.0 Å². The summed E-state index contributed by atoms with van der Waals surface area (Å²) in [5, 5.41) is 3.64. The van der Waals surface area contributed by atoms with E-state index in [4.69, 9.17) is 0 Å². The maximum absolute atomic E-state index is 3.64. The van der Waals surface area contributed by atoms with E-state index in [9.17, 15) is 0 Å². The fourth-order valence-electron chi connectivity index (χ4n) is 2.70. The van der Waals surface area contributed by atoms with Crippen molar-refractivity contribution in [1.29, 1.82) is 0 Å². The molecule has 1 atom stereocenters. The van der Waals surface area contributed by atoms with Crippen LogP contribution in [0.5, 0.6) is 0 Å². The van der Waals surface area contributed by atoms with Crippen molar-refractivity contribution in [1.82, 2.24) is 5.32 Å². The van der Waals surface area contributed by atoms with E-state index in [1.165, 1.54) is 18.4 Å². The van der Waals surface area contributed by atoms with Crippen molar-refractivity contribution in [3.63, 3.8) is 0 Å². The topological polar surface area (TPSA) is 12.0 Å². The summed E-state index contributed by atoms with van der Waals surface area (Å²) in [6, 6.07) is 34.7. The minimum absolute atomic E-state index is 0. The molecule has 0 spiro atoms. The Hall–Kier alpha value is -1.60. The van der Waals surface area contributed by atoms with Crippen LogP contribution in [0, 0.1) is 54.4 Å². The molecule has 1 unspecified atom stereocenters. The Labute approximate surface area is 163 Å². The summed E-state index contributed by atoms with van der Waals surface area (Å²) in [7, 11) is 0. The number of rotatable bonds is 7. The van der Waals surface area contributed by atoms with E-state index in [2.05, 4.69) is 98.0 Å². The average molecular weight is 367 g/mol. The van der Waals surface area contributed by atoms with Crippen molar-refractivity contribution in [2.45, 2.75) is 39.3 Å². The molecule has 0 heterocycles. The van der Waals surface area contributed by atoms with E-state index in [1.54, 1.807) is 6.07 Å². The minimum Gasteiger partial charge on any atom is -0.999 e. The maximum Gasteiger partial charge on any atom is 0.0325 e. The molecular formula is C23H21FeN-10. The standard InChI is InChI=1S/C18H20N.C5H.Fe/c1-3-16(4-2)18(17-12-6-5-7-13-17)19-14-15-10-8-9-11-15;1-2-4-5-3-1;/h5-7,12-13,16,18-19H,3-4,14H2,1-2H3;1H;/q2*-5;. The van der Waals surface area contributed by atoms with Gasteiger partial charge in [0, 0.05) is 23.1 Å². The predicted octanol–water partition coefficient (Wildman–Crippen LogP) is 4.48. The van der Waals surface area contributed by atoms with Crippen molar-refractivity contribution in [3.8, 4) is 0 Å². The molecule has 3 aromatic rings. The van der Waals surface area contributed by atoms with E-state index in [0.29, 0.717) is 12.0 Å². The van der Waals surface area contributed by atoms with Gasteiger partial charge in [-0.3, -0.25) is 0 Å². The molecule has 0 saturated heterocycles. The first kappa shape index (κ1) is 21.4. The van der Waals surface area contributed by atoms with E-state index in [1.807, 2.05) is 0 Å². The third-order valence-electron chi connectivity index (χ3n) is 4.02. The second-order valence-electron chi connectivity index (χ2n) is 5.51. The molecule has 0 aliphatic rings. The first-order chi connectivity index (χ1) is 11.8. The molecule has 0 aliphatic heterocycles. The zero-order valence-corrected chi connectivity index (χ0v) is 15.7. The van der Waals surface area contributed by atoms with Crippen LogP contribution in [-0.4, -0.2) is 0 Å². The van der Waals surface area contributed by atoms with Crippen LogP contribution in [-0.2, 0) is 23.6 Å². The SMILES string of the molecule is CCC(CC)C(NC[c-]1[c-][c-][c-][c-]1)c1ccccc1.[Fe].[c-]1[c-][c-][cH-][c-]1. The van der Waals surface area contributed by atoms with Gasteiger partial charge in [-0.2, -0.15) is 6.54 Å². The third-order valence-corrected chi connectivity index (χ3v) is 4.02. The summed E-state index contributed by atoms with van der Waals surface area (Å²) in [4.78, 5) is 0. The van der Waals surface area contributed by atoms with E-state index in [0.717, 1.165) is 12.1 Å². The maximum atomic E-state index is 3.64. The Morgan fingerprint density at radius 2 is 1.56 bits per heavy atom. The Balaban J connectivity index is 0.000000448. The minimum atomic E-state index is 0. The van der Waals surface area contributed by atoms with Crippen LogP contribution in [0.3, 0.4) is 0 Å².